The molecule has 2 aromatic heterocycles. The van der Waals surface area contributed by atoms with Gasteiger partial charge in [-0.1, -0.05) is 65.7 Å². The van der Waals surface area contributed by atoms with Crippen LogP contribution in [-0.2, 0) is 22.5 Å². The molecule has 0 saturated carbocycles. The number of carbonyl (C=O) groups excluding carboxylic acids is 2. The largest absolute Gasteiger partial charge is 0.379 e. The Hall–Kier alpha value is -4.29. The number of benzene rings is 2. The summed E-state index contributed by atoms with van der Waals surface area (Å²) in [5.74, 6) is -0.0137. The van der Waals surface area contributed by atoms with Crippen molar-refractivity contribution in [2.24, 2.45) is 0 Å². The first-order chi connectivity index (χ1) is 21.8. The molecule has 0 bridgehead atoms. The average Bonchev–Trinajstić information content (AvgIpc) is 3.05. The minimum absolute atomic E-state index is 0.0137. The summed E-state index contributed by atoms with van der Waals surface area (Å²) in [4.78, 5) is 44.4. The molecule has 0 radical (unpaired) electrons. The maximum Gasteiger partial charge on any atom is 0.323 e. The molecule has 0 unspecified atom stereocenters. The fraction of sp³-hybridized carbons (Fsp3) is 0.281. The number of hydrogen-bond donors (Lipinski definition) is 3. The van der Waals surface area contributed by atoms with Crippen molar-refractivity contribution < 1.29 is 14.3 Å². The number of carbonyl (C=O) groups is 2. The quantitative estimate of drug-likeness (QED) is 0.222. The molecule has 0 atom stereocenters. The zero-order valence-corrected chi connectivity index (χ0v) is 26.2. The van der Waals surface area contributed by atoms with Gasteiger partial charge in [-0.25, -0.2) is 9.48 Å². The minimum atomic E-state index is -0.693. The monoisotopic (exact) mass is 649 g/mol. The molecule has 1 saturated heterocycles. The molecular weight excluding hydrogens is 617 g/mol. The number of halogens is 2. The lowest BCUT2D eigenvalue weighted by molar-refractivity contribution is -0.120. The third kappa shape index (κ3) is 8.46. The second kappa shape index (κ2) is 15.1. The first-order valence-electron chi connectivity index (χ1n) is 14.6. The van der Waals surface area contributed by atoms with Crippen molar-refractivity contribution in [1.82, 2.24) is 25.0 Å². The second-order valence-corrected chi connectivity index (χ2v) is 11.2. The van der Waals surface area contributed by atoms with Crippen LogP contribution in [0, 0.1) is 0 Å². The summed E-state index contributed by atoms with van der Waals surface area (Å²) in [6.45, 7) is 6.78. The van der Waals surface area contributed by atoms with Crippen LogP contribution in [0.2, 0.25) is 10.0 Å². The predicted molar refractivity (Wildman–Crippen MR) is 176 cm³/mol. The van der Waals surface area contributed by atoms with Crippen molar-refractivity contribution in [2.75, 3.05) is 50.0 Å². The molecule has 234 valence electrons. The van der Waals surface area contributed by atoms with Gasteiger partial charge in [0.2, 0.25) is 5.91 Å². The number of nitrogens with one attached hydrogen (secondary N) is 3. The van der Waals surface area contributed by atoms with Gasteiger partial charge in [0.25, 0.3) is 5.56 Å². The van der Waals surface area contributed by atoms with E-state index in [4.69, 9.17) is 27.9 Å². The van der Waals surface area contributed by atoms with E-state index in [9.17, 15) is 14.4 Å². The highest BCUT2D eigenvalue weighted by Crippen LogP contribution is 2.29. The van der Waals surface area contributed by atoms with E-state index in [0.29, 0.717) is 25.2 Å². The molecule has 3 N–H and O–H groups in total. The Morgan fingerprint density at radius 2 is 1.64 bits per heavy atom. The van der Waals surface area contributed by atoms with Crippen LogP contribution in [0.1, 0.15) is 12.5 Å². The number of aryl methyl sites for hydroxylation is 1. The van der Waals surface area contributed by atoms with Gasteiger partial charge in [-0.2, -0.15) is 5.10 Å². The molecule has 11 nitrogen and oxygen atoms in total. The van der Waals surface area contributed by atoms with Gasteiger partial charge in [-0.15, -0.1) is 0 Å². The van der Waals surface area contributed by atoms with Crippen LogP contribution < -0.4 is 21.5 Å². The number of hydrogen-bond acceptors (Lipinski definition) is 7. The van der Waals surface area contributed by atoms with Crippen LogP contribution in [0.3, 0.4) is 0 Å². The zero-order chi connectivity index (χ0) is 31.8. The standard InChI is InChI=1S/C32H33Cl2N7O4/c1-2-41-31(43)28(37-32(44)38-30-25(33)19-35-20-26(30)34)18-27(39-41)24-5-3-4-23(17-24)22-8-6-21(7-9-22)16-29(42)36-10-11-40-12-14-45-15-13-40/h3-9,17-20H,2,10-16H2,1H3,(H,36,42)(H2,35,37,38,44). The maximum atomic E-state index is 13.0. The molecule has 0 spiro atoms. The average molecular weight is 651 g/mol. The normalized spacial score (nSPS) is 13.3. The van der Waals surface area contributed by atoms with Gasteiger partial charge in [0, 0.05) is 50.7 Å². The molecule has 3 heterocycles. The second-order valence-electron chi connectivity index (χ2n) is 10.4. The van der Waals surface area contributed by atoms with Crippen LogP contribution in [0.15, 0.2) is 71.8 Å². The Morgan fingerprint density at radius 3 is 2.36 bits per heavy atom. The Bertz CT molecular complexity index is 1700. The van der Waals surface area contributed by atoms with E-state index in [1.165, 1.54) is 23.1 Å². The van der Waals surface area contributed by atoms with Crippen molar-refractivity contribution in [2.45, 2.75) is 19.9 Å². The predicted octanol–water partition coefficient (Wildman–Crippen LogP) is 4.93. The molecule has 45 heavy (non-hydrogen) atoms. The lowest BCUT2D eigenvalue weighted by Crippen LogP contribution is -2.41. The molecular formula is C32H33Cl2N7O4. The molecule has 1 aliphatic rings. The van der Waals surface area contributed by atoms with Crippen molar-refractivity contribution in [3.8, 4) is 22.4 Å². The van der Waals surface area contributed by atoms with Gasteiger partial charge in [0.15, 0.2) is 0 Å². The Kier molecular flexibility index (Phi) is 10.8. The number of urea groups is 1. The molecule has 13 heteroatoms. The lowest BCUT2D eigenvalue weighted by atomic mass is 9.99. The van der Waals surface area contributed by atoms with E-state index in [2.05, 4.69) is 30.9 Å². The highest BCUT2D eigenvalue weighted by molar-refractivity contribution is 6.39. The highest BCUT2D eigenvalue weighted by atomic mass is 35.5. The number of aromatic nitrogens is 3. The van der Waals surface area contributed by atoms with Crippen molar-refractivity contribution in [3.63, 3.8) is 0 Å². The first-order valence-corrected chi connectivity index (χ1v) is 15.3. The van der Waals surface area contributed by atoms with Crippen LogP contribution in [0.25, 0.3) is 22.4 Å². The molecule has 5 rings (SSSR count). The van der Waals surface area contributed by atoms with Gasteiger partial charge in [0.05, 0.1) is 41.1 Å². The summed E-state index contributed by atoms with van der Waals surface area (Å²) >= 11 is 12.2. The molecule has 3 amide bonds. The summed E-state index contributed by atoms with van der Waals surface area (Å²) in [7, 11) is 0. The third-order valence-electron chi connectivity index (χ3n) is 7.28. The Morgan fingerprint density at radius 1 is 0.933 bits per heavy atom. The van der Waals surface area contributed by atoms with Gasteiger partial charge >= 0.3 is 6.03 Å². The SMILES string of the molecule is CCn1nc(-c2cccc(-c3ccc(CC(=O)NCCN4CCOCC4)cc3)c2)cc(NC(=O)Nc2c(Cl)cncc2Cl)c1=O. The van der Waals surface area contributed by atoms with Crippen LogP contribution in [-0.4, -0.2) is 71.0 Å². The number of anilines is 2. The fourth-order valence-electron chi connectivity index (χ4n) is 4.88. The molecule has 1 fully saturated rings. The van der Waals surface area contributed by atoms with Crippen LogP contribution in [0.4, 0.5) is 16.2 Å². The minimum Gasteiger partial charge on any atom is -0.379 e. The van der Waals surface area contributed by atoms with Crippen molar-refractivity contribution in [1.29, 1.82) is 0 Å². The number of morpholine rings is 1. The number of nitrogens with zero attached hydrogens (tertiary/aromatic N) is 4. The molecule has 2 aromatic carbocycles. The third-order valence-corrected chi connectivity index (χ3v) is 7.85. The van der Waals surface area contributed by atoms with Gasteiger partial charge in [-0.05, 0) is 35.7 Å². The van der Waals surface area contributed by atoms with Gasteiger partial charge in [-0.3, -0.25) is 19.5 Å². The highest BCUT2D eigenvalue weighted by Gasteiger charge is 2.16. The number of ether oxygens (including phenoxy) is 1. The maximum absolute atomic E-state index is 13.0. The zero-order valence-electron chi connectivity index (χ0n) is 24.7. The first kappa shape index (κ1) is 32.1. The summed E-state index contributed by atoms with van der Waals surface area (Å²) in [6.07, 6.45) is 3.00. The summed E-state index contributed by atoms with van der Waals surface area (Å²) in [5.41, 5.74) is 3.82. The molecule has 4 aromatic rings. The molecule has 1 aliphatic heterocycles. The summed E-state index contributed by atoms with van der Waals surface area (Å²) < 4.78 is 6.64. The van der Waals surface area contributed by atoms with Crippen LogP contribution >= 0.6 is 23.2 Å². The fourth-order valence-corrected chi connectivity index (χ4v) is 5.34. The molecule has 0 aliphatic carbocycles. The van der Waals surface area contributed by atoms with E-state index < -0.39 is 11.6 Å². The van der Waals surface area contributed by atoms with Crippen molar-refractivity contribution >= 4 is 46.5 Å². The van der Waals surface area contributed by atoms with Crippen molar-refractivity contribution in [3.05, 3.63) is 93.0 Å². The lowest BCUT2D eigenvalue weighted by Gasteiger charge is -2.26. The van der Waals surface area contributed by atoms with E-state index in [1.807, 2.05) is 48.5 Å². The topological polar surface area (TPSA) is 130 Å². The van der Waals surface area contributed by atoms with E-state index >= 15 is 0 Å². The van der Waals surface area contributed by atoms with Crippen LogP contribution in [0.5, 0.6) is 0 Å². The van der Waals surface area contributed by atoms with E-state index in [0.717, 1.165) is 55.1 Å². The van der Waals surface area contributed by atoms with E-state index in [-0.39, 0.29) is 27.3 Å². The van der Waals surface area contributed by atoms with E-state index in [1.54, 1.807) is 6.92 Å². The number of pyridine rings is 1. The smallest absolute Gasteiger partial charge is 0.323 e. The summed E-state index contributed by atoms with van der Waals surface area (Å²) in [5, 5.41) is 13.0. The summed E-state index contributed by atoms with van der Waals surface area (Å²) in [6, 6.07) is 16.4. The Balaban J connectivity index is 1.26. The number of rotatable bonds is 10. The number of amides is 3. The van der Waals surface area contributed by atoms with Gasteiger partial charge in [0.1, 0.15) is 5.69 Å². The Labute approximate surface area is 270 Å². The van der Waals surface area contributed by atoms with Gasteiger partial charge < -0.3 is 20.7 Å².